The first-order chi connectivity index (χ1) is 22.0. The van der Waals surface area contributed by atoms with Crippen LogP contribution >= 0.6 is 11.3 Å². The molecule has 5 heterocycles. The van der Waals surface area contributed by atoms with Gasteiger partial charge in [-0.3, -0.25) is 14.5 Å². The lowest BCUT2D eigenvalue weighted by atomic mass is 9.88. The average Bonchev–Trinajstić information content (AvgIpc) is 3.77. The summed E-state index contributed by atoms with van der Waals surface area (Å²) in [5.41, 5.74) is 6.31. The van der Waals surface area contributed by atoms with Crippen LogP contribution in [0.15, 0.2) is 48.5 Å². The molecular weight excluding hydrogens is 596 g/mol. The molecule has 2 N–H and O–H groups in total. The van der Waals surface area contributed by atoms with Gasteiger partial charge in [0.1, 0.15) is 10.6 Å². The number of aromatic nitrogens is 1. The smallest absolute Gasteiger partial charge is 0.233 e. The number of aryl methyl sites for hydroxylation is 2. The normalized spacial score (nSPS) is 20.8. The lowest BCUT2D eigenvalue weighted by molar-refractivity contribution is -0.137. The molecule has 242 valence electrons. The van der Waals surface area contributed by atoms with E-state index in [0.29, 0.717) is 31.7 Å². The third-order valence-electron chi connectivity index (χ3n) is 10.6. The Hall–Kier alpha value is -3.49. The van der Waals surface area contributed by atoms with Crippen molar-refractivity contribution in [3.8, 4) is 11.3 Å². The molecule has 0 aliphatic carbocycles. The second kappa shape index (κ2) is 11.9. The van der Waals surface area contributed by atoms with Gasteiger partial charge in [-0.2, -0.15) is 0 Å². The second-order valence-corrected chi connectivity index (χ2v) is 15.7. The highest BCUT2D eigenvalue weighted by Crippen LogP contribution is 2.45. The molecule has 3 fully saturated rings. The highest BCUT2D eigenvalue weighted by molar-refractivity contribution is 7.19. The van der Waals surface area contributed by atoms with E-state index in [1.54, 1.807) is 23.5 Å². The SMILES string of the molecule is Cc1cc(C)cc(-c2[nH]c3sc(C(C)(C)C(=O)N4C5CCC4CC5)cc3c2[C@H](C)CNC(=O)C2CN(Cc3ccc(F)cc3)C2)c1. The van der Waals surface area contributed by atoms with Gasteiger partial charge in [-0.25, -0.2) is 4.39 Å². The topological polar surface area (TPSA) is 68.4 Å². The average molecular weight is 641 g/mol. The van der Waals surface area contributed by atoms with Crippen molar-refractivity contribution in [1.82, 2.24) is 20.1 Å². The first-order valence-corrected chi connectivity index (χ1v) is 17.6. The third-order valence-corrected chi connectivity index (χ3v) is 12.0. The summed E-state index contributed by atoms with van der Waals surface area (Å²) in [4.78, 5) is 37.5. The van der Waals surface area contributed by atoms with Crippen molar-refractivity contribution in [2.45, 2.75) is 90.3 Å². The Balaban J connectivity index is 1.11. The van der Waals surface area contributed by atoms with Crippen molar-refractivity contribution >= 4 is 33.4 Å². The highest BCUT2D eigenvalue weighted by atomic mass is 32.1. The van der Waals surface area contributed by atoms with Crippen molar-refractivity contribution in [2.24, 2.45) is 5.92 Å². The number of thiophene rings is 1. The molecule has 0 radical (unpaired) electrons. The van der Waals surface area contributed by atoms with Crippen molar-refractivity contribution in [2.75, 3.05) is 19.6 Å². The van der Waals surface area contributed by atoms with E-state index in [1.165, 1.54) is 28.8 Å². The maximum absolute atomic E-state index is 14.0. The van der Waals surface area contributed by atoms with Gasteiger partial charge in [0.2, 0.25) is 11.8 Å². The Morgan fingerprint density at radius 2 is 1.63 bits per heavy atom. The van der Waals surface area contributed by atoms with Crippen LogP contribution in [0.3, 0.4) is 0 Å². The van der Waals surface area contributed by atoms with Gasteiger partial charge in [-0.1, -0.05) is 36.2 Å². The Kier molecular flexibility index (Phi) is 8.08. The van der Waals surface area contributed by atoms with Gasteiger partial charge in [-0.15, -0.1) is 11.3 Å². The fourth-order valence-electron chi connectivity index (χ4n) is 8.05. The number of benzene rings is 2. The number of nitrogens with one attached hydrogen (secondary N) is 2. The number of aromatic amines is 1. The Bertz CT molecular complexity index is 1740. The summed E-state index contributed by atoms with van der Waals surface area (Å²) in [6.45, 7) is 13.3. The van der Waals surface area contributed by atoms with E-state index in [9.17, 15) is 14.0 Å². The Morgan fingerprint density at radius 1 is 1.00 bits per heavy atom. The quantitative estimate of drug-likeness (QED) is 0.200. The fraction of sp³-hybridized carbons (Fsp3) is 0.474. The summed E-state index contributed by atoms with van der Waals surface area (Å²) in [5.74, 6) is 0.119. The standard InChI is InChI=1S/C38H45FN4O2S/c1-22-14-23(2)16-26(15-22)34-33(24(3)18-40-35(44)27-20-42(21-27)19-25-6-8-28(39)9-7-25)31-17-32(46-36(31)41-34)38(4,5)37(45)43-29-10-11-30(43)13-12-29/h6-9,14-17,24,27,29-30,41H,10-13,18-21H2,1-5H3,(H,40,44)/t24-,29?,30?/m1/s1. The van der Waals surface area contributed by atoms with E-state index in [0.717, 1.165) is 64.1 Å². The summed E-state index contributed by atoms with van der Waals surface area (Å²) in [6.07, 6.45) is 4.55. The fourth-order valence-corrected chi connectivity index (χ4v) is 9.22. The molecule has 7 rings (SSSR count). The van der Waals surface area contributed by atoms with Crippen molar-refractivity contribution in [3.05, 3.63) is 81.5 Å². The molecule has 8 heteroatoms. The number of amides is 2. The maximum atomic E-state index is 14.0. The van der Waals surface area contributed by atoms with Crippen molar-refractivity contribution < 1.29 is 14.0 Å². The summed E-state index contributed by atoms with van der Waals surface area (Å²) in [5, 5.41) is 4.40. The predicted molar refractivity (Wildman–Crippen MR) is 184 cm³/mol. The highest BCUT2D eigenvalue weighted by Gasteiger charge is 2.47. The van der Waals surface area contributed by atoms with Gasteiger partial charge < -0.3 is 15.2 Å². The largest absolute Gasteiger partial charge is 0.355 e. The number of halogens is 1. The molecule has 3 aliphatic heterocycles. The summed E-state index contributed by atoms with van der Waals surface area (Å²) < 4.78 is 13.3. The van der Waals surface area contributed by atoms with Gasteiger partial charge in [0.05, 0.1) is 17.0 Å². The van der Waals surface area contributed by atoms with Crippen LogP contribution in [0.1, 0.15) is 79.5 Å². The second-order valence-electron chi connectivity index (χ2n) is 14.6. The zero-order chi connectivity index (χ0) is 32.3. The van der Waals surface area contributed by atoms with Crippen LogP contribution < -0.4 is 5.32 Å². The molecule has 2 amide bonds. The predicted octanol–water partition coefficient (Wildman–Crippen LogP) is 7.44. The molecule has 0 spiro atoms. The number of carbonyl (C=O) groups is 2. The van der Waals surface area contributed by atoms with Crippen LogP contribution in [0, 0.1) is 25.6 Å². The van der Waals surface area contributed by atoms with Crippen molar-refractivity contribution in [1.29, 1.82) is 0 Å². The Labute approximate surface area is 275 Å². The van der Waals surface area contributed by atoms with Crippen LogP contribution in [0.2, 0.25) is 0 Å². The number of carbonyl (C=O) groups excluding carboxylic acids is 2. The minimum atomic E-state index is -0.603. The van der Waals surface area contributed by atoms with Crippen LogP contribution in [-0.4, -0.2) is 58.3 Å². The van der Waals surface area contributed by atoms with Crippen LogP contribution in [0.5, 0.6) is 0 Å². The first kappa shape index (κ1) is 31.1. The number of rotatable bonds is 9. The number of nitrogens with zero attached hydrogens (tertiary/aromatic N) is 2. The molecule has 6 nitrogen and oxygen atoms in total. The maximum Gasteiger partial charge on any atom is 0.233 e. The van der Waals surface area contributed by atoms with Gasteiger partial charge in [0, 0.05) is 54.4 Å². The molecule has 3 aliphatic rings. The zero-order valence-electron chi connectivity index (χ0n) is 27.6. The van der Waals surface area contributed by atoms with Crippen LogP contribution in [-0.2, 0) is 21.5 Å². The number of H-pyrrole nitrogens is 1. The summed E-state index contributed by atoms with van der Waals surface area (Å²) in [7, 11) is 0. The monoisotopic (exact) mass is 640 g/mol. The van der Waals surface area contributed by atoms with E-state index in [2.05, 4.69) is 79.0 Å². The number of likely N-dealkylation sites (tertiary alicyclic amines) is 1. The minimum Gasteiger partial charge on any atom is -0.355 e. The molecule has 46 heavy (non-hydrogen) atoms. The molecule has 2 aromatic carbocycles. The van der Waals surface area contributed by atoms with E-state index in [4.69, 9.17) is 0 Å². The Morgan fingerprint density at radius 3 is 2.26 bits per heavy atom. The van der Waals surface area contributed by atoms with Crippen LogP contribution in [0.25, 0.3) is 21.5 Å². The van der Waals surface area contributed by atoms with E-state index in [1.807, 2.05) is 0 Å². The number of hydrogen-bond acceptors (Lipinski definition) is 4. The molecule has 1 atom stereocenters. The molecule has 3 saturated heterocycles. The van der Waals surface area contributed by atoms with Gasteiger partial charge in [-0.05, 0) is 100 Å². The summed E-state index contributed by atoms with van der Waals surface area (Å²) >= 11 is 1.70. The minimum absolute atomic E-state index is 0.0433. The van der Waals surface area contributed by atoms with E-state index < -0.39 is 5.41 Å². The lowest BCUT2D eigenvalue weighted by Gasteiger charge is -2.38. The van der Waals surface area contributed by atoms with Gasteiger partial charge in [0.25, 0.3) is 0 Å². The molecule has 0 unspecified atom stereocenters. The third kappa shape index (κ3) is 5.68. The van der Waals surface area contributed by atoms with E-state index >= 15 is 0 Å². The van der Waals surface area contributed by atoms with E-state index in [-0.39, 0.29) is 29.5 Å². The van der Waals surface area contributed by atoms with Crippen molar-refractivity contribution in [3.63, 3.8) is 0 Å². The first-order valence-electron chi connectivity index (χ1n) is 16.8. The number of fused-ring (bicyclic) bond motifs is 3. The molecule has 2 aromatic heterocycles. The molecule has 0 saturated carbocycles. The molecule has 2 bridgehead atoms. The molecular formula is C38H45FN4O2S. The summed E-state index contributed by atoms with van der Waals surface area (Å²) in [6, 6.07) is 16.3. The van der Waals surface area contributed by atoms with Crippen LogP contribution in [0.4, 0.5) is 4.39 Å². The zero-order valence-corrected chi connectivity index (χ0v) is 28.4. The number of hydrogen-bond donors (Lipinski definition) is 2. The molecule has 4 aromatic rings. The lowest BCUT2D eigenvalue weighted by Crippen LogP contribution is -2.53. The van der Waals surface area contributed by atoms with Gasteiger partial charge in [0.15, 0.2) is 0 Å². The van der Waals surface area contributed by atoms with Gasteiger partial charge >= 0.3 is 0 Å².